The molecule has 0 spiro atoms. The van der Waals surface area contributed by atoms with Gasteiger partial charge in [-0.15, -0.1) is 0 Å². The molecule has 0 saturated heterocycles. The molecule has 0 aliphatic carbocycles. The molecule has 0 aliphatic rings. The average Bonchev–Trinajstić information content (AvgIpc) is 3.15. The second kappa shape index (κ2) is 11.8. The molecule has 9 rings (SSSR count). The first-order chi connectivity index (χ1) is 24.1. The molecule has 0 bridgehead atoms. The first-order valence-corrected chi connectivity index (χ1v) is 17.0. The van der Waals surface area contributed by atoms with E-state index in [0.717, 1.165) is 17.1 Å². The van der Waals surface area contributed by atoms with Crippen LogP contribution < -0.4 is 4.90 Å². The molecule has 0 heterocycles. The Kier molecular flexibility index (Phi) is 6.99. The Hall–Kier alpha value is -6.18. The summed E-state index contributed by atoms with van der Waals surface area (Å²) in [5, 5.41) is 10.1. The number of anilines is 3. The van der Waals surface area contributed by atoms with Crippen LogP contribution in [-0.4, -0.2) is 0 Å². The van der Waals surface area contributed by atoms with Crippen molar-refractivity contribution in [3.63, 3.8) is 0 Å². The van der Waals surface area contributed by atoms with Crippen molar-refractivity contribution < 1.29 is 0 Å². The van der Waals surface area contributed by atoms with Crippen molar-refractivity contribution in [1.29, 1.82) is 0 Å². The minimum absolute atomic E-state index is 1.13. The second-order valence-electron chi connectivity index (χ2n) is 13.2. The molecule has 0 amide bonds. The van der Waals surface area contributed by atoms with Crippen LogP contribution in [0.2, 0.25) is 0 Å². The van der Waals surface area contributed by atoms with E-state index in [1.165, 1.54) is 76.5 Å². The Labute approximate surface area is 287 Å². The highest BCUT2D eigenvalue weighted by Gasteiger charge is 2.19. The van der Waals surface area contributed by atoms with Crippen LogP contribution in [0.4, 0.5) is 17.1 Å². The molecule has 0 fully saturated rings. The van der Waals surface area contributed by atoms with Gasteiger partial charge in [-0.25, -0.2) is 0 Å². The van der Waals surface area contributed by atoms with Crippen molar-refractivity contribution in [3.05, 3.63) is 187 Å². The van der Waals surface area contributed by atoms with Gasteiger partial charge in [0, 0.05) is 17.1 Å². The lowest BCUT2D eigenvalue weighted by atomic mass is 9.84. The standard InChI is InChI=1S/C48H35N/c1-32-15-23-40(24-16-32)49(41-25-17-33(2)18-26-41)42-27-21-35(22-28-42)47-43-13-7-8-14-44(43)48(39-20-19-34-9-3-4-10-36(34)29-39)46-31-38-12-6-5-11-37(38)30-45(46)47/h3-31H,1-2H3. The minimum atomic E-state index is 1.13. The smallest absolute Gasteiger partial charge is 0.0462 e. The number of rotatable bonds is 5. The molecule has 9 aromatic carbocycles. The van der Waals surface area contributed by atoms with E-state index in [-0.39, 0.29) is 0 Å². The molecule has 0 aliphatic heterocycles. The van der Waals surface area contributed by atoms with Gasteiger partial charge in [0.05, 0.1) is 0 Å². The Morgan fingerprint density at radius 2 is 0.694 bits per heavy atom. The van der Waals surface area contributed by atoms with Crippen molar-refractivity contribution in [3.8, 4) is 22.3 Å². The van der Waals surface area contributed by atoms with Gasteiger partial charge in [-0.1, -0.05) is 132 Å². The van der Waals surface area contributed by atoms with Crippen LogP contribution in [0.25, 0.3) is 65.3 Å². The van der Waals surface area contributed by atoms with E-state index < -0.39 is 0 Å². The third kappa shape index (κ3) is 5.12. The number of benzene rings is 9. The fourth-order valence-corrected chi connectivity index (χ4v) is 7.44. The normalized spacial score (nSPS) is 11.5. The maximum absolute atomic E-state index is 2.40. The number of nitrogens with zero attached hydrogens (tertiary/aromatic N) is 1. The van der Waals surface area contributed by atoms with E-state index in [0.29, 0.717) is 0 Å². The van der Waals surface area contributed by atoms with Crippen molar-refractivity contribution in [2.24, 2.45) is 0 Å². The van der Waals surface area contributed by atoms with Crippen LogP contribution in [0.5, 0.6) is 0 Å². The van der Waals surface area contributed by atoms with Gasteiger partial charge < -0.3 is 4.90 Å². The summed E-state index contributed by atoms with van der Waals surface area (Å²) in [7, 11) is 0. The molecule has 0 N–H and O–H groups in total. The van der Waals surface area contributed by atoms with Gasteiger partial charge >= 0.3 is 0 Å². The van der Waals surface area contributed by atoms with Crippen molar-refractivity contribution >= 4 is 60.2 Å². The van der Waals surface area contributed by atoms with Crippen LogP contribution in [0.15, 0.2) is 176 Å². The fourth-order valence-electron chi connectivity index (χ4n) is 7.44. The van der Waals surface area contributed by atoms with Gasteiger partial charge in [0.15, 0.2) is 0 Å². The summed E-state index contributed by atoms with van der Waals surface area (Å²) in [4.78, 5) is 2.34. The summed E-state index contributed by atoms with van der Waals surface area (Å²) in [6, 6.07) is 64.7. The Balaban J connectivity index is 1.28. The van der Waals surface area contributed by atoms with Gasteiger partial charge in [0.1, 0.15) is 0 Å². The summed E-state index contributed by atoms with van der Waals surface area (Å²) in [6.07, 6.45) is 0. The van der Waals surface area contributed by atoms with Gasteiger partial charge in [-0.05, 0) is 134 Å². The minimum Gasteiger partial charge on any atom is -0.311 e. The Morgan fingerprint density at radius 3 is 1.20 bits per heavy atom. The molecule has 0 atom stereocenters. The SMILES string of the molecule is Cc1ccc(N(c2ccc(C)cc2)c2ccc(-c3c4ccccc4c(-c4ccc5ccccc5c4)c4cc5ccccc5cc34)cc2)cc1. The zero-order valence-electron chi connectivity index (χ0n) is 27.7. The summed E-state index contributed by atoms with van der Waals surface area (Å²) < 4.78 is 0. The van der Waals surface area contributed by atoms with Gasteiger partial charge in [-0.3, -0.25) is 0 Å². The van der Waals surface area contributed by atoms with Gasteiger partial charge in [0.25, 0.3) is 0 Å². The van der Waals surface area contributed by atoms with Crippen LogP contribution in [0, 0.1) is 13.8 Å². The summed E-state index contributed by atoms with van der Waals surface area (Å²) >= 11 is 0. The fraction of sp³-hybridized carbons (Fsp3) is 0.0417. The van der Waals surface area contributed by atoms with E-state index in [1.807, 2.05) is 0 Å². The number of hydrogen-bond donors (Lipinski definition) is 0. The predicted molar refractivity (Wildman–Crippen MR) is 211 cm³/mol. The number of hydrogen-bond acceptors (Lipinski definition) is 1. The molecular weight excluding hydrogens is 591 g/mol. The first-order valence-electron chi connectivity index (χ1n) is 17.0. The first kappa shape index (κ1) is 29.0. The molecular formula is C48H35N. The average molecular weight is 626 g/mol. The quantitative estimate of drug-likeness (QED) is 0.172. The zero-order valence-corrected chi connectivity index (χ0v) is 27.7. The number of aryl methyl sites for hydroxylation is 2. The lowest BCUT2D eigenvalue weighted by Crippen LogP contribution is -2.09. The van der Waals surface area contributed by atoms with E-state index in [9.17, 15) is 0 Å². The maximum atomic E-state index is 2.40. The third-order valence-corrected chi connectivity index (χ3v) is 9.93. The lowest BCUT2D eigenvalue weighted by Gasteiger charge is -2.26. The molecule has 1 heteroatoms. The van der Waals surface area contributed by atoms with E-state index in [2.05, 4.69) is 195 Å². The van der Waals surface area contributed by atoms with Crippen LogP contribution in [-0.2, 0) is 0 Å². The molecule has 9 aromatic rings. The van der Waals surface area contributed by atoms with E-state index in [4.69, 9.17) is 0 Å². The molecule has 1 nitrogen and oxygen atoms in total. The summed E-state index contributed by atoms with van der Waals surface area (Å²) in [5.41, 5.74) is 10.9. The molecule has 0 radical (unpaired) electrons. The zero-order chi connectivity index (χ0) is 32.9. The maximum Gasteiger partial charge on any atom is 0.0462 e. The highest BCUT2D eigenvalue weighted by molar-refractivity contribution is 6.23. The molecule has 0 aromatic heterocycles. The van der Waals surface area contributed by atoms with Crippen LogP contribution in [0.3, 0.4) is 0 Å². The van der Waals surface area contributed by atoms with Gasteiger partial charge in [0.2, 0.25) is 0 Å². The van der Waals surface area contributed by atoms with Crippen LogP contribution >= 0.6 is 0 Å². The van der Waals surface area contributed by atoms with Crippen molar-refractivity contribution in [2.45, 2.75) is 13.8 Å². The molecule has 0 saturated carbocycles. The second-order valence-corrected chi connectivity index (χ2v) is 13.2. The predicted octanol–water partition coefficient (Wildman–Crippen LogP) is 13.7. The molecule has 232 valence electrons. The summed E-state index contributed by atoms with van der Waals surface area (Å²) in [5.74, 6) is 0. The molecule has 49 heavy (non-hydrogen) atoms. The highest BCUT2D eigenvalue weighted by Crippen LogP contribution is 2.46. The Morgan fingerprint density at radius 1 is 0.306 bits per heavy atom. The van der Waals surface area contributed by atoms with Crippen molar-refractivity contribution in [2.75, 3.05) is 4.90 Å². The van der Waals surface area contributed by atoms with E-state index in [1.54, 1.807) is 0 Å². The van der Waals surface area contributed by atoms with E-state index >= 15 is 0 Å². The summed E-state index contributed by atoms with van der Waals surface area (Å²) in [6.45, 7) is 4.27. The van der Waals surface area contributed by atoms with Crippen LogP contribution in [0.1, 0.15) is 11.1 Å². The topological polar surface area (TPSA) is 3.24 Å². The molecule has 0 unspecified atom stereocenters. The highest BCUT2D eigenvalue weighted by atomic mass is 15.1. The van der Waals surface area contributed by atoms with Crippen molar-refractivity contribution in [1.82, 2.24) is 0 Å². The monoisotopic (exact) mass is 625 g/mol. The number of fused-ring (bicyclic) bond motifs is 4. The Bertz CT molecular complexity index is 2600. The largest absolute Gasteiger partial charge is 0.311 e. The lowest BCUT2D eigenvalue weighted by molar-refractivity contribution is 1.27. The third-order valence-electron chi connectivity index (χ3n) is 9.93. The van der Waals surface area contributed by atoms with Gasteiger partial charge in [-0.2, -0.15) is 0 Å².